The number of nitrogens with one attached hydrogen (secondary N) is 1. The van der Waals surface area contributed by atoms with Crippen LogP contribution in [0.2, 0.25) is 0 Å². The van der Waals surface area contributed by atoms with E-state index in [0.717, 1.165) is 6.42 Å². The lowest BCUT2D eigenvalue weighted by atomic mass is 9.68. The van der Waals surface area contributed by atoms with Gasteiger partial charge in [0, 0.05) is 18.0 Å². The number of benzene rings is 2. The Labute approximate surface area is 157 Å². The summed E-state index contributed by atoms with van der Waals surface area (Å²) in [5.41, 5.74) is 1.74. The smallest absolute Gasteiger partial charge is 0.0746 e. The third kappa shape index (κ3) is 4.14. The molecule has 4 unspecified atom stereocenters. The van der Waals surface area contributed by atoms with Crippen molar-refractivity contribution in [2.75, 3.05) is 0 Å². The zero-order valence-corrected chi connectivity index (χ0v) is 15.6. The van der Waals surface area contributed by atoms with Crippen molar-refractivity contribution in [1.29, 1.82) is 0 Å². The Morgan fingerprint density at radius 2 is 1.64 bits per heavy atom. The molecule has 25 heavy (non-hydrogen) atoms. The van der Waals surface area contributed by atoms with E-state index in [1.54, 1.807) is 0 Å². The van der Waals surface area contributed by atoms with Crippen LogP contribution in [0.4, 0.5) is 0 Å². The largest absolute Gasteiger partial charge is 0.389 e. The van der Waals surface area contributed by atoms with E-state index in [9.17, 15) is 5.11 Å². The number of halogens is 1. The second kappa shape index (κ2) is 8.66. The summed E-state index contributed by atoms with van der Waals surface area (Å²) in [5, 5.41) is 15.3. The molecule has 0 aliphatic carbocycles. The molecule has 3 rings (SSSR count). The lowest BCUT2D eigenvalue weighted by molar-refractivity contribution is -0.0741. The molecule has 0 amide bonds. The van der Waals surface area contributed by atoms with Gasteiger partial charge in [0.05, 0.1) is 5.60 Å². The first-order valence-corrected chi connectivity index (χ1v) is 8.87. The molecule has 1 fully saturated rings. The number of hydrogen-bond acceptors (Lipinski definition) is 2. The van der Waals surface area contributed by atoms with Crippen molar-refractivity contribution < 1.29 is 5.11 Å². The standard InChI is InChI=1S/C22H27NO.ClH/c1-3-15-22(24)16-20(17-11-7-5-8-12-17)23-21(19(22)4-2)18-13-9-6-10-14-18;/h3,5-14,19-21,23-24H,1,4,15-16H2,2H3;1H. The van der Waals surface area contributed by atoms with Crippen LogP contribution in [0.1, 0.15) is 49.4 Å². The zero-order chi connectivity index (χ0) is 17.0. The lowest BCUT2D eigenvalue weighted by Crippen LogP contribution is -2.52. The van der Waals surface area contributed by atoms with Gasteiger partial charge in [-0.1, -0.05) is 73.7 Å². The van der Waals surface area contributed by atoms with Gasteiger partial charge in [-0.15, -0.1) is 19.0 Å². The minimum atomic E-state index is -0.733. The average Bonchev–Trinajstić information content (AvgIpc) is 2.62. The molecule has 2 N–H and O–H groups in total. The van der Waals surface area contributed by atoms with Gasteiger partial charge in [-0.3, -0.25) is 0 Å². The normalized spacial score (nSPS) is 28.8. The molecule has 0 bridgehead atoms. The molecule has 0 radical (unpaired) electrons. The van der Waals surface area contributed by atoms with Gasteiger partial charge in [0.1, 0.15) is 0 Å². The second-order valence-corrected chi connectivity index (χ2v) is 6.83. The molecule has 134 valence electrons. The quantitative estimate of drug-likeness (QED) is 0.719. The van der Waals surface area contributed by atoms with Crippen LogP contribution in [0.3, 0.4) is 0 Å². The minimum Gasteiger partial charge on any atom is -0.389 e. The zero-order valence-electron chi connectivity index (χ0n) is 14.8. The fourth-order valence-corrected chi connectivity index (χ4v) is 4.20. The summed E-state index contributed by atoms with van der Waals surface area (Å²) in [5.74, 6) is 0.165. The maximum absolute atomic E-state index is 11.5. The van der Waals surface area contributed by atoms with Gasteiger partial charge in [0.25, 0.3) is 0 Å². The van der Waals surface area contributed by atoms with Crippen molar-refractivity contribution in [2.24, 2.45) is 5.92 Å². The van der Waals surface area contributed by atoms with Gasteiger partial charge < -0.3 is 10.4 Å². The van der Waals surface area contributed by atoms with E-state index >= 15 is 0 Å². The molecule has 1 aliphatic heterocycles. The van der Waals surface area contributed by atoms with Crippen LogP contribution in [-0.2, 0) is 0 Å². The lowest BCUT2D eigenvalue weighted by Gasteiger charge is -2.48. The van der Waals surface area contributed by atoms with Gasteiger partial charge in [-0.25, -0.2) is 0 Å². The predicted molar refractivity (Wildman–Crippen MR) is 107 cm³/mol. The molecule has 0 spiro atoms. The van der Waals surface area contributed by atoms with E-state index in [0.29, 0.717) is 12.8 Å². The third-order valence-electron chi connectivity index (χ3n) is 5.33. The summed E-state index contributed by atoms with van der Waals surface area (Å²) in [6.07, 6.45) is 4.13. The summed E-state index contributed by atoms with van der Waals surface area (Å²) < 4.78 is 0. The van der Waals surface area contributed by atoms with Crippen LogP contribution < -0.4 is 5.32 Å². The molecule has 0 saturated carbocycles. The monoisotopic (exact) mass is 357 g/mol. The van der Waals surface area contributed by atoms with Crippen LogP contribution in [0, 0.1) is 5.92 Å². The van der Waals surface area contributed by atoms with Crippen molar-refractivity contribution in [3.63, 3.8) is 0 Å². The van der Waals surface area contributed by atoms with Crippen molar-refractivity contribution in [2.45, 2.75) is 43.9 Å². The number of rotatable bonds is 5. The molecule has 2 aromatic carbocycles. The van der Waals surface area contributed by atoms with Crippen molar-refractivity contribution in [3.05, 3.63) is 84.4 Å². The van der Waals surface area contributed by atoms with Crippen LogP contribution in [-0.4, -0.2) is 10.7 Å². The summed E-state index contributed by atoms with van der Waals surface area (Å²) in [7, 11) is 0. The first kappa shape index (κ1) is 19.7. The Morgan fingerprint density at radius 1 is 1.08 bits per heavy atom. The molecule has 1 aliphatic rings. The summed E-state index contributed by atoms with van der Waals surface area (Å²) in [6, 6.07) is 21.2. The summed E-state index contributed by atoms with van der Waals surface area (Å²) in [4.78, 5) is 0. The molecule has 0 aromatic heterocycles. The van der Waals surface area contributed by atoms with Crippen molar-refractivity contribution in [1.82, 2.24) is 5.32 Å². The van der Waals surface area contributed by atoms with E-state index in [2.05, 4.69) is 67.4 Å². The van der Waals surface area contributed by atoms with Gasteiger partial charge in [0.15, 0.2) is 0 Å². The highest BCUT2D eigenvalue weighted by Gasteiger charge is 2.46. The Kier molecular flexibility index (Phi) is 6.83. The maximum atomic E-state index is 11.5. The van der Waals surface area contributed by atoms with E-state index in [1.165, 1.54) is 11.1 Å². The highest BCUT2D eigenvalue weighted by molar-refractivity contribution is 5.85. The molecular weight excluding hydrogens is 330 g/mol. The highest BCUT2D eigenvalue weighted by atomic mass is 35.5. The van der Waals surface area contributed by atoms with Gasteiger partial charge in [0.2, 0.25) is 0 Å². The Bertz CT molecular complexity index is 660. The maximum Gasteiger partial charge on any atom is 0.0746 e. The van der Waals surface area contributed by atoms with Crippen LogP contribution in [0.15, 0.2) is 73.3 Å². The second-order valence-electron chi connectivity index (χ2n) is 6.83. The van der Waals surface area contributed by atoms with E-state index in [-0.39, 0.29) is 30.4 Å². The number of piperidine rings is 1. The Morgan fingerprint density at radius 3 is 2.16 bits per heavy atom. The predicted octanol–water partition coefficient (Wildman–Crippen LogP) is 5.22. The van der Waals surface area contributed by atoms with Crippen LogP contribution >= 0.6 is 12.4 Å². The molecule has 2 aromatic rings. The van der Waals surface area contributed by atoms with E-state index in [1.807, 2.05) is 18.2 Å². The number of hydrogen-bond donors (Lipinski definition) is 2. The molecule has 1 heterocycles. The highest BCUT2D eigenvalue weighted by Crippen LogP contribution is 2.46. The summed E-state index contributed by atoms with van der Waals surface area (Å²) in [6.45, 7) is 6.05. The molecule has 3 heteroatoms. The molecule has 1 saturated heterocycles. The van der Waals surface area contributed by atoms with Gasteiger partial charge in [-0.2, -0.15) is 0 Å². The average molecular weight is 358 g/mol. The third-order valence-corrected chi connectivity index (χ3v) is 5.33. The van der Waals surface area contributed by atoms with Crippen LogP contribution in [0.5, 0.6) is 0 Å². The first-order chi connectivity index (χ1) is 11.7. The van der Waals surface area contributed by atoms with Gasteiger partial charge >= 0.3 is 0 Å². The first-order valence-electron chi connectivity index (χ1n) is 8.87. The number of aliphatic hydroxyl groups is 1. The summed E-state index contributed by atoms with van der Waals surface area (Å²) >= 11 is 0. The van der Waals surface area contributed by atoms with Crippen molar-refractivity contribution >= 4 is 12.4 Å². The Balaban J connectivity index is 0.00000225. The molecular formula is C22H28ClNO. The fourth-order valence-electron chi connectivity index (χ4n) is 4.20. The molecule has 4 atom stereocenters. The van der Waals surface area contributed by atoms with Crippen LogP contribution in [0.25, 0.3) is 0 Å². The van der Waals surface area contributed by atoms with E-state index < -0.39 is 5.60 Å². The SMILES string of the molecule is C=CCC1(O)CC(c2ccccc2)NC(c2ccccc2)C1CC.Cl. The molecule has 2 nitrogen and oxygen atoms in total. The minimum absolute atomic E-state index is 0. The topological polar surface area (TPSA) is 32.3 Å². The Hall–Kier alpha value is -1.61. The van der Waals surface area contributed by atoms with Gasteiger partial charge in [-0.05, 0) is 30.4 Å². The van der Waals surface area contributed by atoms with Crippen molar-refractivity contribution in [3.8, 4) is 0 Å². The fraction of sp³-hybridized carbons (Fsp3) is 0.364. The van der Waals surface area contributed by atoms with E-state index in [4.69, 9.17) is 0 Å².